The maximum atomic E-state index is 13.1. The first-order valence-corrected chi connectivity index (χ1v) is 17.9. The number of pyridine rings is 2. The minimum atomic E-state index is -0.228. The third-order valence-corrected chi connectivity index (χ3v) is 9.35. The van der Waals surface area contributed by atoms with Gasteiger partial charge in [-0.3, -0.25) is 9.97 Å². The molecule has 2 unspecified atom stereocenters. The van der Waals surface area contributed by atoms with Crippen molar-refractivity contribution in [2.75, 3.05) is 13.1 Å². The number of hydrogen-bond donors (Lipinski definition) is 2. The third kappa shape index (κ3) is 13.9. The second kappa shape index (κ2) is 24.5. The minimum Gasteiger partial charge on any atom is -0.489 e. The summed E-state index contributed by atoms with van der Waals surface area (Å²) in [7, 11) is 0. The van der Waals surface area contributed by atoms with E-state index >= 15 is 0 Å². The number of aryl methyl sites for hydroxylation is 2. The molecule has 4 N–H and O–H groups in total. The first-order valence-electron chi connectivity index (χ1n) is 17.9. The van der Waals surface area contributed by atoms with Crippen LogP contribution in [0, 0.1) is 11.6 Å². The highest BCUT2D eigenvalue weighted by Crippen LogP contribution is 2.28. The van der Waals surface area contributed by atoms with Crippen LogP contribution in [0.15, 0.2) is 134 Å². The van der Waals surface area contributed by atoms with Gasteiger partial charge in [0.1, 0.15) is 35.3 Å². The summed E-state index contributed by atoms with van der Waals surface area (Å²) >= 11 is 0. The maximum absolute atomic E-state index is 13.1. The number of fused-ring (bicyclic) bond motifs is 2. The monoisotopic (exact) mass is 858 g/mol. The molecule has 4 aromatic carbocycles. The highest BCUT2D eigenvalue weighted by molar-refractivity contribution is 5.86. The molecule has 7 nitrogen and oxygen atoms in total. The van der Waals surface area contributed by atoms with E-state index in [1.807, 2.05) is 36.7 Å². The van der Waals surface area contributed by atoms with E-state index in [2.05, 4.69) is 57.0 Å². The van der Waals surface area contributed by atoms with Gasteiger partial charge in [0.15, 0.2) is 0 Å². The van der Waals surface area contributed by atoms with E-state index in [1.165, 1.54) is 35.4 Å². The number of aromatic nitrogens is 2. The zero-order valence-corrected chi connectivity index (χ0v) is 34.4. The molecule has 0 aliphatic carbocycles. The Balaban J connectivity index is 0.000000362. The Kier molecular flexibility index (Phi) is 20.9. The van der Waals surface area contributed by atoms with Gasteiger partial charge < -0.3 is 25.6 Å². The summed E-state index contributed by atoms with van der Waals surface area (Å²) in [6.45, 7) is 3.05. The van der Waals surface area contributed by atoms with Crippen LogP contribution in [0.2, 0.25) is 0 Å². The predicted molar refractivity (Wildman–Crippen MR) is 234 cm³/mol. The molecule has 57 heavy (non-hydrogen) atoms. The van der Waals surface area contributed by atoms with E-state index in [4.69, 9.17) is 9.47 Å². The highest BCUT2D eigenvalue weighted by atomic mass is 35.5. The molecule has 6 aromatic rings. The second-order valence-corrected chi connectivity index (χ2v) is 13.2. The number of hydrogen-bond acceptors (Lipinski definition) is 6. The molecule has 0 spiro atoms. The Morgan fingerprint density at radius 2 is 0.895 bits per heavy atom. The Bertz CT molecular complexity index is 1930. The van der Waals surface area contributed by atoms with Crippen molar-refractivity contribution in [2.45, 2.75) is 51.0 Å². The highest BCUT2D eigenvalue weighted by Gasteiger charge is 2.20. The smallest absolute Gasteiger partial charge is 0.123 e. The minimum absolute atomic E-state index is 0. The molecule has 0 amide bonds. The van der Waals surface area contributed by atoms with Crippen molar-refractivity contribution in [1.29, 1.82) is 0 Å². The van der Waals surface area contributed by atoms with Crippen molar-refractivity contribution < 1.29 is 23.7 Å². The number of benzene rings is 4. The van der Waals surface area contributed by atoms with Crippen LogP contribution in [0.3, 0.4) is 0 Å². The summed E-state index contributed by atoms with van der Waals surface area (Å²) < 4.78 is 38.3. The van der Waals surface area contributed by atoms with Crippen LogP contribution >= 0.6 is 49.6 Å². The molecule has 0 saturated heterocycles. The van der Waals surface area contributed by atoms with Gasteiger partial charge in [-0.1, -0.05) is 60.7 Å². The van der Waals surface area contributed by atoms with Crippen molar-refractivity contribution in [3.05, 3.63) is 168 Å². The van der Waals surface area contributed by atoms with Crippen LogP contribution in [-0.4, -0.2) is 40.7 Å². The molecular weight excluding hydrogens is 812 g/mol. The molecule has 2 aromatic heterocycles. The van der Waals surface area contributed by atoms with E-state index in [1.54, 1.807) is 36.7 Å². The topological polar surface area (TPSA) is 99.8 Å². The molecule has 304 valence electrons. The molecule has 2 atom stereocenters. The third-order valence-electron chi connectivity index (χ3n) is 9.35. The van der Waals surface area contributed by atoms with Crippen LogP contribution < -0.4 is 20.1 Å². The Hall–Kier alpha value is -4.32. The van der Waals surface area contributed by atoms with Gasteiger partial charge in [-0.15, -0.1) is 49.6 Å². The molecule has 0 saturated carbocycles. The Morgan fingerprint density at radius 3 is 1.30 bits per heavy atom. The first kappa shape index (κ1) is 48.8. The normalized spacial score (nSPS) is 14.6. The number of para-hydroxylation sites is 2. The maximum Gasteiger partial charge on any atom is 0.123 e. The summed E-state index contributed by atoms with van der Waals surface area (Å²) in [6, 6.07) is 33.6. The fourth-order valence-corrected chi connectivity index (χ4v) is 6.57. The van der Waals surface area contributed by atoms with Crippen LogP contribution in [0.5, 0.6) is 11.5 Å². The fraction of sp³-hybridized carbons (Fsp3) is 0.227. The van der Waals surface area contributed by atoms with Crippen LogP contribution in [0.1, 0.15) is 35.1 Å². The van der Waals surface area contributed by atoms with Crippen molar-refractivity contribution in [1.82, 2.24) is 20.6 Å². The van der Waals surface area contributed by atoms with Gasteiger partial charge in [0.25, 0.3) is 0 Å². The Labute approximate surface area is 358 Å². The summed E-state index contributed by atoms with van der Waals surface area (Å²) in [5, 5.41) is 6.93. The van der Waals surface area contributed by atoms with Crippen molar-refractivity contribution in [3.8, 4) is 33.8 Å². The fourth-order valence-electron chi connectivity index (χ4n) is 6.57. The SMILES string of the molecule is Cl.Cl.Cl.Cl.Fc1ccc(-c2cncc(CNCC3CCc4ccccc4O3)c2)cc1.Fc1ccc(-c2cncc(CNCC3CCc4ccccc4O3)c2)cc1.O. The van der Waals surface area contributed by atoms with Gasteiger partial charge in [-0.2, -0.15) is 0 Å². The quantitative estimate of drug-likeness (QED) is 0.142. The number of halogens is 6. The van der Waals surface area contributed by atoms with Crippen molar-refractivity contribution in [2.24, 2.45) is 0 Å². The van der Waals surface area contributed by atoms with Gasteiger partial charge in [0.2, 0.25) is 0 Å². The average Bonchev–Trinajstić information content (AvgIpc) is 3.19. The summed E-state index contributed by atoms with van der Waals surface area (Å²) in [5.74, 6) is 1.55. The van der Waals surface area contributed by atoms with Crippen molar-refractivity contribution >= 4 is 49.6 Å². The van der Waals surface area contributed by atoms with E-state index in [-0.39, 0.29) is 78.9 Å². The number of rotatable bonds is 10. The van der Waals surface area contributed by atoms with E-state index in [0.29, 0.717) is 0 Å². The predicted octanol–water partition coefficient (Wildman–Crippen LogP) is 9.60. The lowest BCUT2D eigenvalue weighted by Gasteiger charge is -2.26. The van der Waals surface area contributed by atoms with E-state index in [0.717, 1.165) is 96.7 Å². The largest absolute Gasteiger partial charge is 0.489 e. The first-order chi connectivity index (χ1) is 25.6. The number of nitrogens with zero attached hydrogens (tertiary/aromatic N) is 2. The van der Waals surface area contributed by atoms with E-state index < -0.39 is 0 Å². The standard InChI is InChI=1S/2C22H21FN2O.4ClH.H2O/c2*23-20-8-5-17(6-9-20)19-11-16(12-24-14-19)13-25-15-21-10-7-18-3-1-2-4-22(18)26-21;;;;;/h2*1-6,8-9,11-12,14,21,25H,7,10,13,15H2;4*1H;1H2. The van der Waals surface area contributed by atoms with Crippen molar-refractivity contribution in [3.63, 3.8) is 0 Å². The second-order valence-electron chi connectivity index (χ2n) is 13.2. The number of nitrogens with one attached hydrogen (secondary N) is 2. The Morgan fingerprint density at radius 1 is 0.509 bits per heavy atom. The molecule has 0 bridgehead atoms. The van der Waals surface area contributed by atoms with Gasteiger partial charge >= 0.3 is 0 Å². The molecular formula is C44H48Cl4F2N4O3. The van der Waals surface area contributed by atoms with E-state index in [9.17, 15) is 8.78 Å². The average molecular weight is 861 g/mol. The lowest BCUT2D eigenvalue weighted by molar-refractivity contribution is 0.170. The molecule has 2 aliphatic heterocycles. The lowest BCUT2D eigenvalue weighted by atomic mass is 10.0. The summed E-state index contributed by atoms with van der Waals surface area (Å²) in [5.41, 5.74) is 8.70. The van der Waals surface area contributed by atoms with Gasteiger partial charge in [0, 0.05) is 62.1 Å². The molecule has 8 rings (SSSR count). The number of ether oxygens (including phenoxy) is 2. The molecule has 0 fully saturated rings. The molecule has 13 heteroatoms. The zero-order valence-electron chi connectivity index (χ0n) is 31.1. The summed E-state index contributed by atoms with van der Waals surface area (Å²) in [4.78, 5) is 8.63. The van der Waals surface area contributed by atoms with Crippen LogP contribution in [0.4, 0.5) is 8.78 Å². The van der Waals surface area contributed by atoms with Crippen LogP contribution in [-0.2, 0) is 25.9 Å². The molecule has 4 heterocycles. The zero-order chi connectivity index (χ0) is 35.5. The van der Waals surface area contributed by atoms with Crippen LogP contribution in [0.25, 0.3) is 22.3 Å². The molecule has 2 aliphatic rings. The molecule has 0 radical (unpaired) electrons. The van der Waals surface area contributed by atoms with Gasteiger partial charge in [-0.25, -0.2) is 8.78 Å². The lowest BCUT2D eigenvalue weighted by Crippen LogP contribution is -2.33. The van der Waals surface area contributed by atoms with Gasteiger partial charge in [0.05, 0.1) is 0 Å². The summed E-state index contributed by atoms with van der Waals surface area (Å²) in [6.07, 6.45) is 11.9. The van der Waals surface area contributed by atoms with Gasteiger partial charge in [-0.05, 0) is 108 Å².